The Morgan fingerprint density at radius 1 is 1.47 bits per heavy atom. The summed E-state index contributed by atoms with van der Waals surface area (Å²) in [7, 11) is 0. The Morgan fingerprint density at radius 2 is 2.20 bits per heavy atom. The smallest absolute Gasteiger partial charge is 0.123 e. The zero-order valence-electron chi connectivity index (χ0n) is 9.29. The molecule has 0 aliphatic carbocycles. The lowest BCUT2D eigenvalue weighted by atomic mass is 10.0. The molecule has 0 fully saturated rings. The van der Waals surface area contributed by atoms with Gasteiger partial charge in [-0.15, -0.1) is 0 Å². The van der Waals surface area contributed by atoms with Crippen molar-refractivity contribution in [1.82, 2.24) is 0 Å². The number of halogens is 1. The SMILES string of the molecule is CSCCC(N)Cc1ccc(F)cc1C. The molecule has 15 heavy (non-hydrogen) atoms. The van der Waals surface area contributed by atoms with Crippen molar-refractivity contribution in [2.45, 2.75) is 25.8 Å². The van der Waals surface area contributed by atoms with E-state index in [-0.39, 0.29) is 11.9 Å². The minimum Gasteiger partial charge on any atom is -0.327 e. The molecule has 0 aliphatic rings. The maximum absolute atomic E-state index is 12.9. The largest absolute Gasteiger partial charge is 0.327 e. The van der Waals surface area contributed by atoms with Crippen LogP contribution in [0.1, 0.15) is 17.5 Å². The molecule has 2 N–H and O–H groups in total. The van der Waals surface area contributed by atoms with Crippen LogP contribution in [-0.4, -0.2) is 18.1 Å². The number of rotatable bonds is 5. The molecule has 84 valence electrons. The van der Waals surface area contributed by atoms with E-state index in [1.165, 1.54) is 6.07 Å². The Kier molecular flexibility index (Phi) is 5.12. The normalized spacial score (nSPS) is 12.8. The van der Waals surface area contributed by atoms with Gasteiger partial charge >= 0.3 is 0 Å². The summed E-state index contributed by atoms with van der Waals surface area (Å²) in [6, 6.07) is 5.09. The molecule has 1 rings (SSSR count). The first-order valence-corrected chi connectivity index (χ1v) is 6.52. The monoisotopic (exact) mass is 227 g/mol. The number of nitrogens with two attached hydrogens (primary N) is 1. The lowest BCUT2D eigenvalue weighted by Gasteiger charge is -2.12. The summed E-state index contributed by atoms with van der Waals surface area (Å²) in [4.78, 5) is 0. The average Bonchev–Trinajstić information content (AvgIpc) is 2.19. The first-order valence-electron chi connectivity index (χ1n) is 5.13. The molecule has 3 heteroatoms. The van der Waals surface area contributed by atoms with Crippen LogP contribution in [0.2, 0.25) is 0 Å². The van der Waals surface area contributed by atoms with Crippen molar-refractivity contribution < 1.29 is 4.39 Å². The lowest BCUT2D eigenvalue weighted by molar-refractivity contribution is 0.620. The zero-order chi connectivity index (χ0) is 11.3. The Hall–Kier alpha value is -0.540. The van der Waals surface area contributed by atoms with E-state index < -0.39 is 0 Å². The van der Waals surface area contributed by atoms with Gasteiger partial charge in [0.15, 0.2) is 0 Å². The summed E-state index contributed by atoms with van der Waals surface area (Å²) in [6.07, 6.45) is 3.93. The van der Waals surface area contributed by atoms with Crippen molar-refractivity contribution >= 4 is 11.8 Å². The van der Waals surface area contributed by atoms with Crippen LogP contribution >= 0.6 is 11.8 Å². The van der Waals surface area contributed by atoms with E-state index in [2.05, 4.69) is 6.26 Å². The molecular formula is C12H18FNS. The first kappa shape index (κ1) is 12.5. The average molecular weight is 227 g/mol. The predicted octanol–water partition coefficient (Wildman–Crippen LogP) is 2.76. The molecule has 1 atom stereocenters. The molecule has 0 saturated carbocycles. The summed E-state index contributed by atoms with van der Waals surface area (Å²) in [6.45, 7) is 1.93. The van der Waals surface area contributed by atoms with Gasteiger partial charge in [-0.05, 0) is 55.0 Å². The summed E-state index contributed by atoms with van der Waals surface area (Å²) >= 11 is 1.81. The number of thioether (sulfide) groups is 1. The highest BCUT2D eigenvalue weighted by Crippen LogP contribution is 2.13. The van der Waals surface area contributed by atoms with Crippen molar-refractivity contribution in [3.8, 4) is 0 Å². The van der Waals surface area contributed by atoms with Crippen molar-refractivity contribution in [2.24, 2.45) is 5.73 Å². The van der Waals surface area contributed by atoms with Gasteiger partial charge in [0.1, 0.15) is 5.82 Å². The molecule has 0 saturated heterocycles. The molecule has 1 aromatic rings. The van der Waals surface area contributed by atoms with E-state index in [4.69, 9.17) is 5.73 Å². The molecule has 1 nitrogen and oxygen atoms in total. The summed E-state index contributed by atoms with van der Waals surface area (Å²) in [5.41, 5.74) is 8.14. The number of hydrogen-bond donors (Lipinski definition) is 1. The van der Waals surface area contributed by atoms with Gasteiger partial charge in [-0.25, -0.2) is 4.39 Å². The maximum atomic E-state index is 12.9. The van der Waals surface area contributed by atoms with Crippen LogP contribution in [0, 0.1) is 12.7 Å². The number of hydrogen-bond acceptors (Lipinski definition) is 2. The minimum atomic E-state index is -0.172. The van der Waals surface area contributed by atoms with Crippen LogP contribution in [0.5, 0.6) is 0 Å². The van der Waals surface area contributed by atoms with Crippen molar-refractivity contribution in [3.63, 3.8) is 0 Å². The van der Waals surface area contributed by atoms with Gasteiger partial charge in [0.25, 0.3) is 0 Å². The molecule has 0 aromatic heterocycles. The van der Waals surface area contributed by atoms with Gasteiger partial charge in [0, 0.05) is 6.04 Å². The molecular weight excluding hydrogens is 209 g/mol. The molecule has 1 aromatic carbocycles. The fourth-order valence-electron chi connectivity index (χ4n) is 1.54. The minimum absolute atomic E-state index is 0.172. The highest BCUT2D eigenvalue weighted by atomic mass is 32.2. The molecule has 0 radical (unpaired) electrons. The second kappa shape index (κ2) is 6.13. The molecule has 0 aliphatic heterocycles. The molecule has 0 spiro atoms. The number of aryl methyl sites for hydroxylation is 1. The summed E-state index contributed by atoms with van der Waals surface area (Å²) in [5, 5.41) is 0. The van der Waals surface area contributed by atoms with E-state index >= 15 is 0 Å². The molecule has 1 unspecified atom stereocenters. The maximum Gasteiger partial charge on any atom is 0.123 e. The van der Waals surface area contributed by atoms with Crippen LogP contribution in [0.15, 0.2) is 18.2 Å². The third-order valence-corrected chi connectivity index (χ3v) is 3.12. The third-order valence-electron chi connectivity index (χ3n) is 2.48. The highest BCUT2D eigenvalue weighted by Gasteiger charge is 2.06. The Morgan fingerprint density at radius 3 is 2.80 bits per heavy atom. The van der Waals surface area contributed by atoms with Crippen LogP contribution in [0.25, 0.3) is 0 Å². The van der Waals surface area contributed by atoms with Crippen LogP contribution in [0.3, 0.4) is 0 Å². The summed E-state index contributed by atoms with van der Waals surface area (Å²) in [5.74, 6) is 0.912. The Balaban J connectivity index is 2.56. The Labute approximate surface area is 95.2 Å². The number of benzene rings is 1. The van der Waals surface area contributed by atoms with E-state index in [9.17, 15) is 4.39 Å². The second-order valence-electron chi connectivity index (χ2n) is 3.82. The topological polar surface area (TPSA) is 26.0 Å². The fraction of sp³-hybridized carbons (Fsp3) is 0.500. The van der Waals surface area contributed by atoms with Crippen molar-refractivity contribution in [1.29, 1.82) is 0 Å². The second-order valence-corrected chi connectivity index (χ2v) is 4.80. The van der Waals surface area contributed by atoms with Gasteiger partial charge in [-0.1, -0.05) is 6.07 Å². The first-order chi connectivity index (χ1) is 7.13. The third kappa shape index (κ3) is 4.22. The van der Waals surface area contributed by atoms with E-state index in [0.29, 0.717) is 0 Å². The fourth-order valence-corrected chi connectivity index (χ4v) is 2.08. The Bertz CT molecular complexity index is 314. The van der Waals surface area contributed by atoms with Gasteiger partial charge in [-0.2, -0.15) is 11.8 Å². The van der Waals surface area contributed by atoms with E-state index in [1.54, 1.807) is 6.07 Å². The van der Waals surface area contributed by atoms with E-state index in [1.807, 2.05) is 24.8 Å². The lowest BCUT2D eigenvalue weighted by Crippen LogP contribution is -2.23. The van der Waals surface area contributed by atoms with Crippen LogP contribution < -0.4 is 5.73 Å². The molecule has 0 heterocycles. The van der Waals surface area contributed by atoms with Crippen LogP contribution in [-0.2, 0) is 6.42 Å². The van der Waals surface area contributed by atoms with Crippen molar-refractivity contribution in [3.05, 3.63) is 35.1 Å². The van der Waals surface area contributed by atoms with Gasteiger partial charge in [0.2, 0.25) is 0 Å². The van der Waals surface area contributed by atoms with Crippen molar-refractivity contribution in [2.75, 3.05) is 12.0 Å². The van der Waals surface area contributed by atoms with Crippen LogP contribution in [0.4, 0.5) is 4.39 Å². The highest BCUT2D eigenvalue weighted by molar-refractivity contribution is 7.98. The van der Waals surface area contributed by atoms with E-state index in [0.717, 1.165) is 29.7 Å². The van der Waals surface area contributed by atoms with Gasteiger partial charge in [-0.3, -0.25) is 0 Å². The molecule has 0 amide bonds. The predicted molar refractivity (Wildman–Crippen MR) is 65.8 cm³/mol. The zero-order valence-corrected chi connectivity index (χ0v) is 10.1. The quantitative estimate of drug-likeness (QED) is 0.837. The standard InChI is InChI=1S/C12H18FNS/c1-9-7-11(13)4-3-10(9)8-12(14)5-6-15-2/h3-4,7,12H,5-6,8,14H2,1-2H3. The summed E-state index contributed by atoms with van der Waals surface area (Å²) < 4.78 is 12.9. The van der Waals surface area contributed by atoms with Gasteiger partial charge in [0.05, 0.1) is 0 Å². The molecule has 0 bridgehead atoms. The van der Waals surface area contributed by atoms with Gasteiger partial charge < -0.3 is 5.73 Å².